The third-order valence-electron chi connectivity index (χ3n) is 4.07. The zero-order valence-corrected chi connectivity index (χ0v) is 16.3. The minimum absolute atomic E-state index is 0.424. The summed E-state index contributed by atoms with van der Waals surface area (Å²) in [6, 6.07) is 13.5. The summed E-state index contributed by atoms with van der Waals surface area (Å²) in [6.45, 7) is 5.98. The second-order valence-corrected chi connectivity index (χ2v) is 6.74. The van der Waals surface area contributed by atoms with E-state index in [1.54, 1.807) is 0 Å². The Labute approximate surface area is 164 Å². The standard InChI is InChI=1S/C20H22ClNO3S/c1-2-24-19-13-16(20(26)22-8-10-23-11-9-22)6-7-18(19)25-14-15-4-3-5-17(21)12-15/h3-7,12-13H,2,8-11,14H2,1H3. The molecule has 0 spiro atoms. The minimum atomic E-state index is 0.424. The first kappa shape index (κ1) is 19.0. The molecule has 0 aromatic heterocycles. The van der Waals surface area contributed by atoms with Crippen LogP contribution in [-0.4, -0.2) is 42.8 Å². The summed E-state index contributed by atoms with van der Waals surface area (Å²) < 4.78 is 17.1. The summed E-state index contributed by atoms with van der Waals surface area (Å²) in [5.74, 6) is 1.39. The van der Waals surface area contributed by atoms with Crippen LogP contribution in [0, 0.1) is 0 Å². The van der Waals surface area contributed by atoms with Crippen LogP contribution in [0.5, 0.6) is 11.5 Å². The van der Waals surface area contributed by atoms with Crippen molar-refractivity contribution in [2.24, 2.45) is 0 Å². The molecule has 3 rings (SSSR count). The van der Waals surface area contributed by atoms with E-state index in [-0.39, 0.29) is 0 Å². The Morgan fingerprint density at radius 1 is 1.12 bits per heavy atom. The van der Waals surface area contributed by atoms with Gasteiger partial charge in [-0.25, -0.2) is 0 Å². The molecule has 0 bridgehead atoms. The van der Waals surface area contributed by atoms with Crippen LogP contribution in [0.2, 0.25) is 5.02 Å². The van der Waals surface area contributed by atoms with Gasteiger partial charge >= 0.3 is 0 Å². The Hall–Kier alpha value is -1.82. The minimum Gasteiger partial charge on any atom is -0.490 e. The van der Waals surface area contributed by atoms with Gasteiger partial charge in [0.2, 0.25) is 0 Å². The van der Waals surface area contributed by atoms with Crippen molar-refractivity contribution in [3.63, 3.8) is 0 Å². The molecule has 0 unspecified atom stereocenters. The Morgan fingerprint density at radius 2 is 1.92 bits per heavy atom. The maximum atomic E-state index is 6.03. The van der Waals surface area contributed by atoms with Crippen molar-refractivity contribution in [1.82, 2.24) is 4.90 Å². The molecule has 0 saturated carbocycles. The van der Waals surface area contributed by atoms with Crippen LogP contribution in [0.4, 0.5) is 0 Å². The second kappa shape index (κ2) is 9.21. The molecule has 26 heavy (non-hydrogen) atoms. The lowest BCUT2D eigenvalue weighted by atomic mass is 10.1. The number of nitrogens with zero attached hydrogens (tertiary/aromatic N) is 1. The predicted octanol–water partition coefficient (Wildman–Crippen LogP) is 4.33. The summed E-state index contributed by atoms with van der Waals surface area (Å²) in [7, 11) is 0. The Kier molecular flexibility index (Phi) is 6.72. The number of morpholine rings is 1. The highest BCUT2D eigenvalue weighted by atomic mass is 35.5. The van der Waals surface area contributed by atoms with E-state index in [1.165, 1.54) is 0 Å². The van der Waals surface area contributed by atoms with Gasteiger partial charge in [-0.05, 0) is 42.8 Å². The molecule has 0 aliphatic carbocycles. The SMILES string of the molecule is CCOc1cc(C(=S)N2CCOCC2)ccc1OCc1cccc(Cl)c1. The monoisotopic (exact) mass is 391 g/mol. The zero-order chi connectivity index (χ0) is 18.4. The fraction of sp³-hybridized carbons (Fsp3) is 0.350. The third-order valence-corrected chi connectivity index (χ3v) is 4.80. The number of hydrogen-bond acceptors (Lipinski definition) is 4. The maximum Gasteiger partial charge on any atom is 0.161 e. The summed E-state index contributed by atoms with van der Waals surface area (Å²) in [5.41, 5.74) is 1.97. The molecule has 6 heteroatoms. The van der Waals surface area contributed by atoms with E-state index in [4.69, 9.17) is 38.0 Å². The first-order valence-corrected chi connectivity index (χ1v) is 9.47. The van der Waals surface area contributed by atoms with Crippen molar-refractivity contribution in [1.29, 1.82) is 0 Å². The van der Waals surface area contributed by atoms with E-state index >= 15 is 0 Å². The molecule has 1 aliphatic rings. The van der Waals surface area contributed by atoms with E-state index < -0.39 is 0 Å². The van der Waals surface area contributed by atoms with Gasteiger partial charge < -0.3 is 19.1 Å². The largest absolute Gasteiger partial charge is 0.490 e. The highest BCUT2D eigenvalue weighted by Gasteiger charge is 2.17. The van der Waals surface area contributed by atoms with Crippen LogP contribution in [0.1, 0.15) is 18.1 Å². The van der Waals surface area contributed by atoms with Gasteiger partial charge in [0.25, 0.3) is 0 Å². The van der Waals surface area contributed by atoms with Crippen molar-refractivity contribution in [3.05, 3.63) is 58.6 Å². The summed E-state index contributed by atoms with van der Waals surface area (Å²) >= 11 is 11.7. The van der Waals surface area contributed by atoms with Crippen molar-refractivity contribution < 1.29 is 14.2 Å². The molecule has 0 atom stereocenters. The van der Waals surface area contributed by atoms with Crippen molar-refractivity contribution in [3.8, 4) is 11.5 Å². The lowest BCUT2D eigenvalue weighted by molar-refractivity contribution is 0.0693. The molecule has 0 N–H and O–H groups in total. The molecule has 1 heterocycles. The molecular weight excluding hydrogens is 370 g/mol. The smallest absolute Gasteiger partial charge is 0.161 e. The van der Waals surface area contributed by atoms with Gasteiger partial charge in [-0.2, -0.15) is 0 Å². The highest BCUT2D eigenvalue weighted by molar-refractivity contribution is 7.80. The highest BCUT2D eigenvalue weighted by Crippen LogP contribution is 2.30. The van der Waals surface area contributed by atoms with Crippen molar-refractivity contribution >= 4 is 28.8 Å². The average molecular weight is 392 g/mol. The first-order valence-electron chi connectivity index (χ1n) is 8.68. The molecule has 0 radical (unpaired) electrons. The number of benzene rings is 2. The van der Waals surface area contributed by atoms with Gasteiger partial charge in [0.05, 0.1) is 19.8 Å². The third kappa shape index (κ3) is 4.87. The molecular formula is C20H22ClNO3S. The van der Waals surface area contributed by atoms with E-state index in [9.17, 15) is 0 Å². The molecule has 1 saturated heterocycles. The molecule has 2 aromatic carbocycles. The van der Waals surface area contributed by atoms with E-state index in [0.717, 1.165) is 29.2 Å². The molecule has 1 fully saturated rings. The van der Waals surface area contributed by atoms with Crippen molar-refractivity contribution in [2.75, 3.05) is 32.9 Å². The molecule has 2 aromatic rings. The average Bonchev–Trinajstić information content (AvgIpc) is 2.67. The van der Waals surface area contributed by atoms with E-state index in [2.05, 4.69) is 4.90 Å². The van der Waals surface area contributed by atoms with Crippen LogP contribution < -0.4 is 9.47 Å². The number of ether oxygens (including phenoxy) is 3. The second-order valence-electron chi connectivity index (χ2n) is 5.92. The Balaban J connectivity index is 1.74. The van der Waals surface area contributed by atoms with Crippen LogP contribution in [0.25, 0.3) is 0 Å². The van der Waals surface area contributed by atoms with Crippen molar-refractivity contribution in [2.45, 2.75) is 13.5 Å². The van der Waals surface area contributed by atoms with Crippen LogP contribution in [0.3, 0.4) is 0 Å². The van der Waals surface area contributed by atoms with Gasteiger partial charge in [0.15, 0.2) is 11.5 Å². The number of rotatable bonds is 6. The number of thiocarbonyl (C=S) groups is 1. The first-order chi connectivity index (χ1) is 12.7. The van der Waals surface area contributed by atoms with Gasteiger partial charge in [0, 0.05) is 23.7 Å². The summed E-state index contributed by atoms with van der Waals surface area (Å²) in [6.07, 6.45) is 0. The zero-order valence-electron chi connectivity index (χ0n) is 14.7. The summed E-state index contributed by atoms with van der Waals surface area (Å²) in [5, 5.41) is 0.697. The fourth-order valence-electron chi connectivity index (χ4n) is 2.77. The number of halogens is 1. The Morgan fingerprint density at radius 3 is 2.65 bits per heavy atom. The quantitative estimate of drug-likeness (QED) is 0.684. The number of hydrogen-bond donors (Lipinski definition) is 0. The normalized spacial score (nSPS) is 14.2. The van der Waals surface area contributed by atoms with E-state index in [1.807, 2.05) is 49.4 Å². The van der Waals surface area contributed by atoms with Crippen LogP contribution in [0.15, 0.2) is 42.5 Å². The maximum absolute atomic E-state index is 6.03. The Bertz CT molecular complexity index is 762. The fourth-order valence-corrected chi connectivity index (χ4v) is 3.29. The van der Waals surface area contributed by atoms with E-state index in [0.29, 0.717) is 42.9 Å². The molecule has 138 valence electrons. The topological polar surface area (TPSA) is 30.9 Å². The van der Waals surface area contributed by atoms with Gasteiger partial charge in [-0.3, -0.25) is 0 Å². The predicted molar refractivity (Wildman–Crippen MR) is 107 cm³/mol. The lowest BCUT2D eigenvalue weighted by Crippen LogP contribution is -2.40. The van der Waals surface area contributed by atoms with Crippen LogP contribution >= 0.6 is 23.8 Å². The van der Waals surface area contributed by atoms with Gasteiger partial charge in [-0.15, -0.1) is 0 Å². The van der Waals surface area contributed by atoms with Gasteiger partial charge in [-0.1, -0.05) is 36.0 Å². The van der Waals surface area contributed by atoms with Crippen LogP contribution in [-0.2, 0) is 11.3 Å². The van der Waals surface area contributed by atoms with Gasteiger partial charge in [0.1, 0.15) is 11.6 Å². The summed E-state index contributed by atoms with van der Waals surface area (Å²) in [4.78, 5) is 2.98. The molecule has 4 nitrogen and oxygen atoms in total. The molecule has 0 amide bonds. The lowest BCUT2D eigenvalue weighted by Gasteiger charge is -2.29. The molecule has 1 aliphatic heterocycles.